The van der Waals surface area contributed by atoms with Gasteiger partial charge in [0.15, 0.2) is 0 Å². The van der Waals surface area contributed by atoms with Crippen LogP contribution in [-0.4, -0.2) is 41.4 Å². The molecule has 0 N–H and O–H groups in total. The Balaban J connectivity index is 0.000000204. The molecule has 9 atom stereocenters. The van der Waals surface area contributed by atoms with Gasteiger partial charge in [0.2, 0.25) is 0 Å². The molecule has 1 radical (unpaired) electrons. The molecule has 0 aromatic heterocycles. The van der Waals surface area contributed by atoms with Crippen molar-refractivity contribution in [3.63, 3.8) is 0 Å². The standard InChI is InChI=1S/C22H40P2.C11H18FN.Ir/c1-3-11-19(12-4-1)23-21-15-17-9-7-8-10-18(17)16-22(21)24-20-13-5-2-6-14-20;12-10-6-4-9(5-7-10)11-3-1-2-8-13-11;/h17-24H,1-16H2;4,9-11H,1-3,5-8H2;/q;-2;. The molecule has 0 amide bonds. The molecule has 0 spiro atoms. The van der Waals surface area contributed by atoms with Crippen molar-refractivity contribution in [2.24, 2.45) is 17.8 Å². The van der Waals surface area contributed by atoms with Crippen LogP contribution in [0.5, 0.6) is 0 Å². The first-order valence-electron chi connectivity index (χ1n) is 16.9. The van der Waals surface area contributed by atoms with Crippen LogP contribution in [0.3, 0.4) is 0 Å². The summed E-state index contributed by atoms with van der Waals surface area (Å²) < 4.78 is 12.9. The van der Waals surface area contributed by atoms with Crippen LogP contribution >= 0.6 is 17.2 Å². The van der Waals surface area contributed by atoms with Gasteiger partial charge < -0.3 is 11.7 Å². The van der Waals surface area contributed by atoms with Gasteiger partial charge in [0.1, 0.15) is 0 Å². The largest absolute Gasteiger partial charge is 0.661 e. The summed E-state index contributed by atoms with van der Waals surface area (Å²) in [6.07, 6.45) is 33.1. The Labute approximate surface area is 252 Å². The predicted molar refractivity (Wildman–Crippen MR) is 165 cm³/mol. The molecule has 1 nitrogen and oxygen atoms in total. The van der Waals surface area contributed by atoms with Crippen molar-refractivity contribution in [2.45, 2.75) is 176 Å². The van der Waals surface area contributed by atoms with E-state index in [-0.39, 0.29) is 20.1 Å². The number of halogens is 1. The van der Waals surface area contributed by atoms with E-state index in [0.29, 0.717) is 18.4 Å². The van der Waals surface area contributed by atoms with E-state index >= 15 is 0 Å². The molecule has 1 aliphatic heterocycles. The second-order valence-corrected chi connectivity index (χ2v) is 17.6. The first-order valence-corrected chi connectivity index (χ1v) is 19.2. The molecule has 1 saturated heterocycles. The summed E-state index contributed by atoms with van der Waals surface area (Å²) in [6.45, 7) is 1.04. The summed E-state index contributed by atoms with van der Waals surface area (Å²) in [4.78, 5) is 0. The van der Waals surface area contributed by atoms with Gasteiger partial charge in [-0.25, -0.2) is 0 Å². The van der Waals surface area contributed by atoms with Crippen LogP contribution in [0.15, 0.2) is 0 Å². The molecule has 0 bridgehead atoms. The molecular weight excluding hydrogens is 684 g/mol. The van der Waals surface area contributed by atoms with Crippen LogP contribution in [0.2, 0.25) is 0 Å². The molecule has 0 aromatic carbocycles. The van der Waals surface area contributed by atoms with Gasteiger partial charge in [-0.05, 0) is 79.4 Å². The number of alkyl halides is 1. The van der Waals surface area contributed by atoms with Crippen LogP contribution in [0.1, 0.15) is 141 Å². The summed E-state index contributed by atoms with van der Waals surface area (Å²) in [5, 5.41) is 4.62. The third kappa shape index (κ3) is 10.00. The molecule has 38 heavy (non-hydrogen) atoms. The zero-order valence-corrected chi connectivity index (χ0v) is 28.6. The van der Waals surface area contributed by atoms with Crippen molar-refractivity contribution in [3.05, 3.63) is 11.7 Å². The number of piperidine rings is 1. The topological polar surface area (TPSA) is 14.1 Å². The second-order valence-electron chi connectivity index (χ2n) is 13.8. The summed E-state index contributed by atoms with van der Waals surface area (Å²) in [5.41, 5.74) is 4.60. The van der Waals surface area contributed by atoms with E-state index in [1.165, 1.54) is 49.3 Å². The monoisotopic (exact) mass is 742 g/mol. The van der Waals surface area contributed by atoms with Gasteiger partial charge in [-0.1, -0.05) is 89.9 Å². The molecule has 5 aliphatic carbocycles. The third-order valence-electron chi connectivity index (χ3n) is 11.0. The molecule has 9 unspecified atom stereocenters. The Kier molecular flexibility index (Phi) is 14.9. The maximum absolute atomic E-state index is 12.9. The maximum atomic E-state index is 12.9. The average Bonchev–Trinajstić information content (AvgIpc) is 2.96. The third-order valence-corrected chi connectivity index (χ3v) is 15.6. The van der Waals surface area contributed by atoms with E-state index in [9.17, 15) is 4.39 Å². The van der Waals surface area contributed by atoms with Gasteiger partial charge in [0.25, 0.3) is 0 Å². The Morgan fingerprint density at radius 3 is 1.58 bits per heavy atom. The fourth-order valence-corrected chi connectivity index (χ4v) is 13.7. The molecule has 6 rings (SSSR count). The average molecular weight is 742 g/mol. The zero-order chi connectivity index (χ0) is 25.3. The number of fused-ring (bicyclic) bond motifs is 1. The minimum atomic E-state index is -0.570. The van der Waals surface area contributed by atoms with E-state index in [2.05, 4.69) is 11.7 Å². The fraction of sp³-hybridized carbons (Fsp3) is 0.970. The van der Waals surface area contributed by atoms with Crippen molar-refractivity contribution in [3.8, 4) is 0 Å². The maximum Gasteiger partial charge on any atom is 0.0733 e. The quantitative estimate of drug-likeness (QED) is 0.197. The van der Waals surface area contributed by atoms with Crippen LogP contribution < -0.4 is 0 Å². The first kappa shape index (κ1) is 32.3. The Morgan fingerprint density at radius 1 is 0.579 bits per heavy atom. The van der Waals surface area contributed by atoms with E-state index < -0.39 is 6.17 Å². The van der Waals surface area contributed by atoms with Crippen LogP contribution in [0, 0.1) is 24.2 Å². The minimum Gasteiger partial charge on any atom is -0.661 e. The van der Waals surface area contributed by atoms with E-state index in [0.717, 1.165) is 53.9 Å². The van der Waals surface area contributed by atoms with Crippen molar-refractivity contribution < 1.29 is 24.5 Å². The van der Waals surface area contributed by atoms with Crippen molar-refractivity contribution >= 4 is 17.2 Å². The number of hydrogen-bond acceptors (Lipinski definition) is 0. The summed E-state index contributed by atoms with van der Waals surface area (Å²) >= 11 is 0. The minimum absolute atomic E-state index is 0. The first-order chi connectivity index (χ1) is 18.2. The van der Waals surface area contributed by atoms with Gasteiger partial charge in [-0.2, -0.15) is 12.0 Å². The predicted octanol–water partition coefficient (Wildman–Crippen LogP) is 10.6. The van der Waals surface area contributed by atoms with E-state index in [1.54, 1.807) is 89.9 Å². The number of nitrogens with zero attached hydrogens (tertiary/aromatic N) is 1. The smallest absolute Gasteiger partial charge is 0.0733 e. The van der Waals surface area contributed by atoms with Gasteiger partial charge in [-0.3, -0.25) is 4.39 Å². The van der Waals surface area contributed by atoms with Crippen molar-refractivity contribution in [2.75, 3.05) is 6.54 Å². The van der Waals surface area contributed by atoms with Gasteiger partial charge in [0, 0.05) is 20.1 Å². The van der Waals surface area contributed by atoms with Crippen LogP contribution in [-0.2, 0) is 20.1 Å². The van der Waals surface area contributed by atoms with Crippen LogP contribution in [0.4, 0.5) is 4.39 Å². The SMILES string of the molecule is C1CCC(PC2CC3CCCCC3CC2PC2CCCCC2)CC1.FC1C[CH-]C(C2CCCC[N-]2)CC1.[Ir]. The summed E-state index contributed by atoms with van der Waals surface area (Å²) in [7, 11) is 2.69. The molecule has 0 aromatic rings. The van der Waals surface area contributed by atoms with Gasteiger partial charge >= 0.3 is 0 Å². The molecule has 6 fully saturated rings. The molecule has 5 heteroatoms. The fourth-order valence-electron chi connectivity index (χ4n) is 8.84. The molecule has 223 valence electrons. The van der Waals surface area contributed by atoms with Gasteiger partial charge in [-0.15, -0.1) is 30.1 Å². The summed E-state index contributed by atoms with van der Waals surface area (Å²) in [6, 6.07) is 0.529. The molecule has 1 heterocycles. The number of rotatable bonds is 5. The normalized spacial score (nSPS) is 39.9. The Morgan fingerprint density at radius 2 is 1.11 bits per heavy atom. The van der Waals surface area contributed by atoms with Crippen LogP contribution in [0.25, 0.3) is 5.32 Å². The summed E-state index contributed by atoms with van der Waals surface area (Å²) in [5.74, 6) is 2.88. The van der Waals surface area contributed by atoms with Gasteiger partial charge in [0.05, 0.1) is 6.17 Å². The van der Waals surface area contributed by atoms with Crippen molar-refractivity contribution in [1.29, 1.82) is 0 Å². The number of hydrogen-bond donors (Lipinski definition) is 0. The second kappa shape index (κ2) is 17.5. The van der Waals surface area contributed by atoms with E-state index in [1.807, 2.05) is 0 Å². The van der Waals surface area contributed by atoms with Crippen molar-refractivity contribution in [1.82, 2.24) is 0 Å². The molecule has 5 saturated carbocycles. The Hall–Kier alpha value is 1.40. The molecule has 6 aliphatic rings. The Bertz CT molecular complexity index is 586. The van der Waals surface area contributed by atoms with E-state index in [4.69, 9.17) is 0 Å². The molecular formula is C33H58FIrNP2-2. The zero-order valence-electron chi connectivity index (χ0n) is 24.2.